The van der Waals surface area contributed by atoms with Gasteiger partial charge in [-0.1, -0.05) is 24.3 Å². The van der Waals surface area contributed by atoms with Gasteiger partial charge >= 0.3 is 5.97 Å². The maximum absolute atomic E-state index is 12.2. The maximum atomic E-state index is 12.2. The van der Waals surface area contributed by atoms with Gasteiger partial charge in [-0.15, -0.1) is 0 Å². The molecule has 2 aromatic carbocycles. The van der Waals surface area contributed by atoms with Crippen molar-refractivity contribution in [3.63, 3.8) is 0 Å². The van der Waals surface area contributed by atoms with Crippen molar-refractivity contribution in [1.82, 2.24) is 0 Å². The van der Waals surface area contributed by atoms with E-state index in [1.54, 1.807) is 24.3 Å². The Morgan fingerprint density at radius 3 is 1.96 bits per heavy atom. The number of carbonyl (C=O) groups excluding carboxylic acids is 1. The van der Waals surface area contributed by atoms with Crippen molar-refractivity contribution >= 4 is 5.97 Å². The second kappa shape index (κ2) is 6.73. The van der Waals surface area contributed by atoms with Crippen LogP contribution in [0.5, 0.6) is 11.5 Å². The Kier molecular flexibility index (Phi) is 4.51. The standard InChI is InChI=1S/C19H20O4/c20-16-5-1-13(2-6-16)11-15-9-10-23-19(22)18(15)12-14-3-7-17(21)8-4-14/h1-8,15,18,20-21H,9-12H2. The summed E-state index contributed by atoms with van der Waals surface area (Å²) in [5, 5.41) is 18.8. The van der Waals surface area contributed by atoms with Gasteiger partial charge < -0.3 is 14.9 Å². The average molecular weight is 312 g/mol. The van der Waals surface area contributed by atoms with Crippen molar-refractivity contribution in [2.45, 2.75) is 19.3 Å². The third-order valence-electron chi connectivity index (χ3n) is 4.43. The topological polar surface area (TPSA) is 66.8 Å². The summed E-state index contributed by atoms with van der Waals surface area (Å²) in [4.78, 5) is 12.2. The second-order valence-corrected chi connectivity index (χ2v) is 6.06. The summed E-state index contributed by atoms with van der Waals surface area (Å²) in [7, 11) is 0. The van der Waals surface area contributed by atoms with Gasteiger partial charge in [0.1, 0.15) is 11.5 Å². The van der Waals surface area contributed by atoms with Crippen LogP contribution >= 0.6 is 0 Å². The first kappa shape index (κ1) is 15.4. The Morgan fingerprint density at radius 1 is 0.870 bits per heavy atom. The molecule has 2 atom stereocenters. The Hall–Kier alpha value is -2.49. The van der Waals surface area contributed by atoms with Crippen molar-refractivity contribution < 1.29 is 19.7 Å². The zero-order valence-corrected chi connectivity index (χ0v) is 12.8. The minimum atomic E-state index is -0.179. The van der Waals surface area contributed by atoms with Crippen LogP contribution in [0.4, 0.5) is 0 Å². The van der Waals surface area contributed by atoms with Gasteiger partial charge in [0.25, 0.3) is 0 Å². The molecule has 2 aromatic rings. The molecule has 2 N–H and O–H groups in total. The highest BCUT2D eigenvalue weighted by Crippen LogP contribution is 2.30. The van der Waals surface area contributed by atoms with E-state index in [-0.39, 0.29) is 29.3 Å². The van der Waals surface area contributed by atoms with E-state index in [1.807, 2.05) is 24.3 Å². The highest BCUT2D eigenvalue weighted by atomic mass is 16.5. The van der Waals surface area contributed by atoms with Gasteiger partial charge in [-0.05, 0) is 60.6 Å². The smallest absolute Gasteiger partial charge is 0.309 e. The minimum Gasteiger partial charge on any atom is -0.508 e. The summed E-state index contributed by atoms with van der Waals surface area (Å²) in [5.41, 5.74) is 2.13. The van der Waals surface area contributed by atoms with Gasteiger partial charge in [0.05, 0.1) is 12.5 Å². The Bertz CT molecular complexity index is 661. The lowest BCUT2D eigenvalue weighted by Gasteiger charge is -2.30. The van der Waals surface area contributed by atoms with Crippen molar-refractivity contribution in [3.8, 4) is 11.5 Å². The van der Waals surface area contributed by atoms with Gasteiger partial charge in [-0.25, -0.2) is 0 Å². The van der Waals surface area contributed by atoms with E-state index in [0.29, 0.717) is 13.0 Å². The monoisotopic (exact) mass is 312 g/mol. The number of rotatable bonds is 4. The highest BCUT2D eigenvalue weighted by molar-refractivity contribution is 5.74. The summed E-state index contributed by atoms with van der Waals surface area (Å²) >= 11 is 0. The molecule has 0 aliphatic carbocycles. The minimum absolute atomic E-state index is 0.145. The molecule has 1 aliphatic heterocycles. The molecule has 1 fully saturated rings. The van der Waals surface area contributed by atoms with E-state index in [2.05, 4.69) is 0 Å². The van der Waals surface area contributed by atoms with E-state index in [9.17, 15) is 15.0 Å². The normalized spacial score (nSPS) is 21.0. The fourth-order valence-electron chi connectivity index (χ4n) is 3.13. The van der Waals surface area contributed by atoms with Crippen molar-refractivity contribution in [3.05, 3.63) is 59.7 Å². The molecule has 120 valence electrons. The van der Waals surface area contributed by atoms with Crippen molar-refractivity contribution in [2.24, 2.45) is 11.8 Å². The van der Waals surface area contributed by atoms with Crippen LogP contribution in [0.15, 0.2) is 48.5 Å². The fraction of sp³-hybridized carbons (Fsp3) is 0.316. The summed E-state index contributed by atoms with van der Waals surface area (Å²) in [6.45, 7) is 0.466. The SMILES string of the molecule is O=C1OCCC(Cc2ccc(O)cc2)C1Cc1ccc(O)cc1. The number of hydrogen-bond acceptors (Lipinski definition) is 4. The molecule has 0 amide bonds. The first-order valence-corrected chi connectivity index (χ1v) is 7.84. The van der Waals surface area contributed by atoms with Gasteiger partial charge in [-0.2, -0.15) is 0 Å². The molecule has 0 spiro atoms. The molecule has 0 saturated carbocycles. The Balaban J connectivity index is 1.74. The molecule has 0 radical (unpaired) electrons. The molecular formula is C19H20O4. The largest absolute Gasteiger partial charge is 0.508 e. The van der Waals surface area contributed by atoms with E-state index < -0.39 is 0 Å². The third-order valence-corrected chi connectivity index (χ3v) is 4.43. The first-order chi connectivity index (χ1) is 11.1. The number of phenols is 2. The molecule has 1 aliphatic rings. The van der Waals surface area contributed by atoms with Crippen molar-refractivity contribution in [1.29, 1.82) is 0 Å². The summed E-state index contributed by atoms with van der Waals surface area (Å²) in [6.07, 6.45) is 2.25. The van der Waals surface area contributed by atoms with Crippen LogP contribution in [0.3, 0.4) is 0 Å². The van der Waals surface area contributed by atoms with Crippen LogP contribution in [0.2, 0.25) is 0 Å². The number of cyclic esters (lactones) is 1. The number of phenolic OH excluding ortho intramolecular Hbond substituents is 2. The molecule has 4 heteroatoms. The molecule has 3 rings (SSSR count). The van der Waals surface area contributed by atoms with E-state index in [1.165, 1.54) is 0 Å². The van der Waals surface area contributed by atoms with E-state index >= 15 is 0 Å². The second-order valence-electron chi connectivity index (χ2n) is 6.06. The molecule has 4 nitrogen and oxygen atoms in total. The highest BCUT2D eigenvalue weighted by Gasteiger charge is 2.33. The summed E-state index contributed by atoms with van der Waals surface area (Å²) in [6, 6.07) is 14.1. The zero-order chi connectivity index (χ0) is 16.2. The molecule has 1 heterocycles. The van der Waals surface area contributed by atoms with Crippen LogP contribution in [-0.4, -0.2) is 22.8 Å². The Morgan fingerprint density at radius 2 is 1.39 bits per heavy atom. The molecule has 0 bridgehead atoms. The van der Waals surface area contributed by atoms with Gasteiger partial charge in [0, 0.05) is 0 Å². The predicted octanol–water partition coefficient (Wildman–Crippen LogP) is 3.06. The van der Waals surface area contributed by atoms with Crippen LogP contribution in [0.25, 0.3) is 0 Å². The molecule has 1 saturated heterocycles. The van der Waals surface area contributed by atoms with E-state index in [0.717, 1.165) is 24.0 Å². The molecule has 2 unspecified atom stereocenters. The van der Waals surface area contributed by atoms with Gasteiger partial charge in [0.15, 0.2) is 0 Å². The van der Waals surface area contributed by atoms with Crippen LogP contribution in [-0.2, 0) is 22.4 Å². The number of hydrogen-bond donors (Lipinski definition) is 2. The Labute approximate surface area is 135 Å². The number of ether oxygens (including phenoxy) is 1. The fourth-order valence-corrected chi connectivity index (χ4v) is 3.13. The van der Waals surface area contributed by atoms with Crippen LogP contribution < -0.4 is 0 Å². The zero-order valence-electron chi connectivity index (χ0n) is 12.8. The predicted molar refractivity (Wildman–Crippen MR) is 86.2 cm³/mol. The summed E-state index contributed by atoms with van der Waals surface area (Å²) in [5.74, 6) is 0.364. The van der Waals surface area contributed by atoms with Gasteiger partial charge in [0.2, 0.25) is 0 Å². The lowest BCUT2D eigenvalue weighted by molar-refractivity contribution is -0.156. The number of esters is 1. The van der Waals surface area contributed by atoms with Crippen LogP contribution in [0, 0.1) is 11.8 Å². The third kappa shape index (κ3) is 3.83. The summed E-state index contributed by atoms with van der Waals surface area (Å²) < 4.78 is 5.25. The van der Waals surface area contributed by atoms with E-state index in [4.69, 9.17) is 4.74 Å². The molecule has 23 heavy (non-hydrogen) atoms. The molecular weight excluding hydrogens is 292 g/mol. The van der Waals surface area contributed by atoms with Gasteiger partial charge in [-0.3, -0.25) is 4.79 Å². The average Bonchev–Trinajstić information content (AvgIpc) is 2.55. The quantitative estimate of drug-likeness (QED) is 0.852. The molecule has 0 aromatic heterocycles. The first-order valence-electron chi connectivity index (χ1n) is 7.84. The number of carbonyl (C=O) groups is 1. The number of aromatic hydroxyl groups is 2. The number of benzene rings is 2. The van der Waals surface area contributed by atoms with Crippen molar-refractivity contribution in [2.75, 3.05) is 6.61 Å². The maximum Gasteiger partial charge on any atom is 0.309 e. The lowest BCUT2D eigenvalue weighted by Crippen LogP contribution is -2.35. The lowest BCUT2D eigenvalue weighted by atomic mass is 9.79. The van der Waals surface area contributed by atoms with Crippen LogP contribution in [0.1, 0.15) is 17.5 Å².